The summed E-state index contributed by atoms with van der Waals surface area (Å²) in [4.78, 5) is 14.1. The molecule has 0 fully saturated rings. The highest BCUT2D eigenvalue weighted by Crippen LogP contribution is 2.35. The van der Waals surface area contributed by atoms with Crippen molar-refractivity contribution in [1.82, 2.24) is 0 Å². The average molecular weight is 334 g/mol. The predicted molar refractivity (Wildman–Crippen MR) is 93.0 cm³/mol. The third-order valence-corrected chi connectivity index (χ3v) is 5.51. The average Bonchev–Trinajstić information content (AvgIpc) is 2.86. The molecule has 21 heavy (non-hydrogen) atoms. The first-order chi connectivity index (χ1) is 10.2. The van der Waals surface area contributed by atoms with Crippen LogP contribution in [0.1, 0.15) is 9.67 Å². The van der Waals surface area contributed by atoms with E-state index in [1.165, 1.54) is 11.3 Å². The quantitative estimate of drug-likeness (QED) is 0.638. The van der Waals surface area contributed by atoms with Gasteiger partial charge in [-0.2, -0.15) is 0 Å². The maximum Gasteiger partial charge on any atom is 0.267 e. The third-order valence-electron chi connectivity index (χ3n) is 3.09. The summed E-state index contributed by atoms with van der Waals surface area (Å²) in [6, 6.07) is 15.5. The van der Waals surface area contributed by atoms with Crippen molar-refractivity contribution in [3.05, 3.63) is 58.4 Å². The minimum absolute atomic E-state index is 0.168. The van der Waals surface area contributed by atoms with Crippen molar-refractivity contribution in [2.75, 3.05) is 11.6 Å². The number of anilines is 1. The van der Waals surface area contributed by atoms with Crippen molar-refractivity contribution in [2.24, 2.45) is 0 Å². The first kappa shape index (κ1) is 14.4. The maximum absolute atomic E-state index is 12.4. The number of carbonyl (C=O) groups excluding carboxylic acids is 1. The van der Waals surface area contributed by atoms with Gasteiger partial charge in [-0.3, -0.25) is 4.79 Å². The van der Waals surface area contributed by atoms with Gasteiger partial charge in [-0.25, -0.2) is 0 Å². The lowest BCUT2D eigenvalue weighted by Crippen LogP contribution is -2.10. The van der Waals surface area contributed by atoms with Gasteiger partial charge >= 0.3 is 0 Å². The van der Waals surface area contributed by atoms with Crippen molar-refractivity contribution in [1.29, 1.82) is 0 Å². The smallest absolute Gasteiger partial charge is 0.267 e. The van der Waals surface area contributed by atoms with Crippen LogP contribution in [-0.4, -0.2) is 12.2 Å². The number of thiophene rings is 1. The van der Waals surface area contributed by atoms with E-state index in [1.807, 2.05) is 54.8 Å². The van der Waals surface area contributed by atoms with Crippen molar-refractivity contribution in [3.63, 3.8) is 0 Å². The van der Waals surface area contributed by atoms with E-state index >= 15 is 0 Å². The lowest BCUT2D eigenvalue weighted by Gasteiger charge is -2.04. The Morgan fingerprint density at radius 3 is 2.52 bits per heavy atom. The van der Waals surface area contributed by atoms with E-state index in [0.717, 1.165) is 20.7 Å². The summed E-state index contributed by atoms with van der Waals surface area (Å²) in [6.07, 6.45) is 2.02. The monoisotopic (exact) mass is 333 g/mol. The van der Waals surface area contributed by atoms with Crippen LogP contribution in [0.3, 0.4) is 0 Å². The highest BCUT2D eigenvalue weighted by molar-refractivity contribution is 7.98. The molecule has 0 radical (unpaired) electrons. The van der Waals surface area contributed by atoms with Crippen LogP contribution >= 0.6 is 34.7 Å². The Morgan fingerprint density at radius 2 is 1.86 bits per heavy atom. The molecular formula is C16H12ClNOS2. The number of amides is 1. The molecule has 0 saturated heterocycles. The van der Waals surface area contributed by atoms with Gasteiger partial charge in [0.25, 0.3) is 5.91 Å². The van der Waals surface area contributed by atoms with Gasteiger partial charge in [0, 0.05) is 20.7 Å². The topological polar surface area (TPSA) is 29.1 Å². The lowest BCUT2D eigenvalue weighted by atomic mass is 10.2. The minimum Gasteiger partial charge on any atom is -0.321 e. The summed E-state index contributed by atoms with van der Waals surface area (Å²) in [5.41, 5.74) is 0.770. The molecule has 2 aromatic carbocycles. The predicted octanol–water partition coefficient (Wildman–Crippen LogP) is 5.53. The SMILES string of the molecule is CSc1ccc(NC(=O)c2sc3ccccc3c2Cl)cc1. The van der Waals surface area contributed by atoms with Crippen LogP contribution in [0.15, 0.2) is 53.4 Å². The van der Waals surface area contributed by atoms with Crippen LogP contribution in [0, 0.1) is 0 Å². The van der Waals surface area contributed by atoms with E-state index in [4.69, 9.17) is 11.6 Å². The molecule has 0 unspecified atom stereocenters. The zero-order chi connectivity index (χ0) is 14.8. The second-order valence-electron chi connectivity index (χ2n) is 4.42. The zero-order valence-electron chi connectivity index (χ0n) is 11.2. The Morgan fingerprint density at radius 1 is 1.14 bits per heavy atom. The molecule has 0 spiro atoms. The summed E-state index contributed by atoms with van der Waals surface area (Å²) in [6.45, 7) is 0. The number of benzene rings is 2. The number of fused-ring (bicyclic) bond motifs is 1. The Bertz CT molecular complexity index is 796. The van der Waals surface area contributed by atoms with E-state index < -0.39 is 0 Å². The maximum atomic E-state index is 12.4. The molecule has 0 atom stereocenters. The lowest BCUT2D eigenvalue weighted by molar-refractivity contribution is 0.103. The van der Waals surface area contributed by atoms with Crippen LogP contribution in [-0.2, 0) is 0 Å². The van der Waals surface area contributed by atoms with Gasteiger partial charge in [0.1, 0.15) is 4.88 Å². The number of thioether (sulfide) groups is 1. The van der Waals surface area contributed by atoms with Crippen LogP contribution in [0.4, 0.5) is 5.69 Å². The van der Waals surface area contributed by atoms with Gasteiger partial charge in [-0.15, -0.1) is 23.1 Å². The van der Waals surface area contributed by atoms with Crippen LogP contribution in [0.2, 0.25) is 5.02 Å². The highest BCUT2D eigenvalue weighted by Gasteiger charge is 2.16. The number of nitrogens with one attached hydrogen (secondary N) is 1. The van der Waals surface area contributed by atoms with Gasteiger partial charge < -0.3 is 5.32 Å². The summed E-state index contributed by atoms with van der Waals surface area (Å²) in [5, 5.41) is 4.33. The van der Waals surface area contributed by atoms with Gasteiger partial charge in [-0.1, -0.05) is 29.8 Å². The molecule has 3 rings (SSSR count). The number of hydrogen-bond acceptors (Lipinski definition) is 3. The number of halogens is 1. The van der Waals surface area contributed by atoms with E-state index in [9.17, 15) is 4.79 Å². The molecule has 0 saturated carbocycles. The molecular weight excluding hydrogens is 322 g/mol. The van der Waals surface area contributed by atoms with E-state index in [0.29, 0.717) is 9.90 Å². The molecule has 1 aromatic heterocycles. The molecule has 0 aliphatic rings. The Balaban J connectivity index is 1.87. The number of carbonyl (C=O) groups is 1. The van der Waals surface area contributed by atoms with Crippen LogP contribution < -0.4 is 5.32 Å². The molecule has 2 nitrogen and oxygen atoms in total. The molecule has 1 amide bonds. The Hall–Kier alpha value is -1.49. The third kappa shape index (κ3) is 2.93. The second-order valence-corrected chi connectivity index (χ2v) is 6.73. The first-order valence-electron chi connectivity index (χ1n) is 6.31. The fourth-order valence-corrected chi connectivity index (χ4v) is 3.84. The van der Waals surface area contributed by atoms with Gasteiger partial charge in [-0.05, 0) is 36.6 Å². The van der Waals surface area contributed by atoms with Crippen molar-refractivity contribution >= 4 is 56.4 Å². The molecule has 1 heterocycles. The number of hydrogen-bond donors (Lipinski definition) is 1. The molecule has 0 bridgehead atoms. The summed E-state index contributed by atoms with van der Waals surface area (Å²) >= 11 is 9.39. The molecule has 106 valence electrons. The highest BCUT2D eigenvalue weighted by atomic mass is 35.5. The van der Waals surface area contributed by atoms with E-state index in [-0.39, 0.29) is 5.91 Å². The summed E-state index contributed by atoms with van der Waals surface area (Å²) < 4.78 is 1.02. The van der Waals surface area contributed by atoms with Crippen LogP contribution in [0.25, 0.3) is 10.1 Å². The first-order valence-corrected chi connectivity index (χ1v) is 8.73. The van der Waals surface area contributed by atoms with Crippen molar-refractivity contribution in [2.45, 2.75) is 4.90 Å². The van der Waals surface area contributed by atoms with Crippen molar-refractivity contribution < 1.29 is 4.79 Å². The number of rotatable bonds is 3. The Kier molecular flexibility index (Phi) is 4.19. The Labute approximate surface area is 136 Å². The van der Waals surface area contributed by atoms with E-state index in [1.54, 1.807) is 11.8 Å². The fraction of sp³-hybridized carbons (Fsp3) is 0.0625. The molecule has 5 heteroatoms. The van der Waals surface area contributed by atoms with Gasteiger partial charge in [0.05, 0.1) is 5.02 Å². The molecule has 0 aliphatic carbocycles. The largest absolute Gasteiger partial charge is 0.321 e. The standard InChI is InChI=1S/C16H12ClNOS2/c1-20-11-8-6-10(7-9-11)18-16(19)15-14(17)12-4-2-3-5-13(12)21-15/h2-9H,1H3,(H,18,19). The molecule has 1 N–H and O–H groups in total. The minimum atomic E-state index is -0.168. The zero-order valence-corrected chi connectivity index (χ0v) is 13.6. The second kappa shape index (κ2) is 6.10. The van der Waals surface area contributed by atoms with Crippen molar-refractivity contribution in [3.8, 4) is 0 Å². The summed E-state index contributed by atoms with van der Waals surface area (Å²) in [5.74, 6) is -0.168. The normalized spacial score (nSPS) is 10.8. The molecule has 0 aliphatic heterocycles. The fourth-order valence-electron chi connectivity index (χ4n) is 2.02. The summed E-state index contributed by atoms with van der Waals surface area (Å²) in [7, 11) is 0. The van der Waals surface area contributed by atoms with Crippen LogP contribution in [0.5, 0.6) is 0 Å². The molecule has 3 aromatic rings. The van der Waals surface area contributed by atoms with Gasteiger partial charge in [0.2, 0.25) is 0 Å². The van der Waals surface area contributed by atoms with Gasteiger partial charge in [0.15, 0.2) is 0 Å². The van der Waals surface area contributed by atoms with E-state index in [2.05, 4.69) is 5.32 Å².